The van der Waals surface area contributed by atoms with Crippen LogP contribution in [0.3, 0.4) is 0 Å². The van der Waals surface area contributed by atoms with E-state index in [0.29, 0.717) is 11.0 Å². The number of hydrogen-bond donors (Lipinski definition) is 1. The van der Waals surface area contributed by atoms with Gasteiger partial charge in [-0.25, -0.2) is 0 Å². The van der Waals surface area contributed by atoms with Crippen molar-refractivity contribution in [3.05, 3.63) is 35.6 Å². The van der Waals surface area contributed by atoms with Gasteiger partial charge in [-0.3, -0.25) is 4.79 Å². The van der Waals surface area contributed by atoms with Crippen molar-refractivity contribution in [2.45, 2.75) is 38.0 Å². The highest BCUT2D eigenvalue weighted by atomic mass is 19.4. The van der Waals surface area contributed by atoms with E-state index in [-0.39, 0.29) is 25.1 Å². The lowest BCUT2D eigenvalue weighted by atomic mass is 9.98. The van der Waals surface area contributed by atoms with Gasteiger partial charge in [0.1, 0.15) is 11.6 Å². The largest absolute Gasteiger partial charge is 0.451 e. The Morgan fingerprint density at radius 1 is 1.30 bits per heavy atom. The molecule has 23 heavy (non-hydrogen) atoms. The summed E-state index contributed by atoms with van der Waals surface area (Å²) < 4.78 is 45.0. The van der Waals surface area contributed by atoms with Gasteiger partial charge < -0.3 is 15.1 Å². The third-order valence-corrected chi connectivity index (χ3v) is 4.14. The Morgan fingerprint density at radius 3 is 2.74 bits per heavy atom. The van der Waals surface area contributed by atoms with Gasteiger partial charge in [-0.1, -0.05) is 11.6 Å². The van der Waals surface area contributed by atoms with Crippen LogP contribution in [0.4, 0.5) is 13.2 Å². The van der Waals surface area contributed by atoms with Crippen LogP contribution in [0, 0.1) is 6.92 Å². The number of nitrogens with zero attached hydrogens (tertiary/aromatic N) is 1. The quantitative estimate of drug-likeness (QED) is 0.875. The summed E-state index contributed by atoms with van der Waals surface area (Å²) in [7, 11) is 0. The lowest BCUT2D eigenvalue weighted by Gasteiger charge is -2.38. The topological polar surface area (TPSA) is 59.5 Å². The van der Waals surface area contributed by atoms with Crippen LogP contribution in [0.2, 0.25) is 0 Å². The van der Waals surface area contributed by atoms with E-state index in [2.05, 4.69) is 0 Å². The van der Waals surface area contributed by atoms with Crippen LogP contribution in [0.5, 0.6) is 0 Å². The Bertz CT molecular complexity index is 738. The van der Waals surface area contributed by atoms with Crippen molar-refractivity contribution in [3.8, 4) is 0 Å². The summed E-state index contributed by atoms with van der Waals surface area (Å²) in [6, 6.07) is 4.55. The van der Waals surface area contributed by atoms with Crippen LogP contribution >= 0.6 is 0 Å². The average Bonchev–Trinajstić information content (AvgIpc) is 2.88. The molecule has 0 saturated carbocycles. The molecular formula is C16H17F3N2O2. The molecule has 2 N–H and O–H groups in total. The van der Waals surface area contributed by atoms with Crippen LogP contribution in [0.1, 0.15) is 29.0 Å². The monoisotopic (exact) mass is 326 g/mol. The van der Waals surface area contributed by atoms with Gasteiger partial charge in [0.2, 0.25) is 0 Å². The Balaban J connectivity index is 1.94. The minimum Gasteiger partial charge on any atom is -0.451 e. The highest BCUT2D eigenvalue weighted by molar-refractivity contribution is 5.96. The van der Waals surface area contributed by atoms with Gasteiger partial charge in [0.15, 0.2) is 5.76 Å². The van der Waals surface area contributed by atoms with Crippen molar-refractivity contribution in [1.82, 2.24) is 4.90 Å². The lowest BCUT2D eigenvalue weighted by molar-refractivity contribution is -0.184. The molecule has 1 aliphatic rings. The first-order chi connectivity index (χ1) is 10.8. The molecule has 0 unspecified atom stereocenters. The number of amides is 1. The maximum absolute atomic E-state index is 13.2. The second-order valence-electron chi connectivity index (χ2n) is 6.00. The smallest absolute Gasteiger partial charge is 0.408 e. The van der Waals surface area contributed by atoms with Gasteiger partial charge in [0.25, 0.3) is 5.91 Å². The molecule has 1 aliphatic heterocycles. The summed E-state index contributed by atoms with van der Waals surface area (Å²) in [4.78, 5) is 13.3. The van der Waals surface area contributed by atoms with Crippen molar-refractivity contribution < 1.29 is 22.4 Å². The third-order valence-electron chi connectivity index (χ3n) is 4.14. The fraction of sp³-hybridized carbons (Fsp3) is 0.438. The van der Waals surface area contributed by atoms with Crippen molar-refractivity contribution in [3.63, 3.8) is 0 Å². The van der Waals surface area contributed by atoms with E-state index in [0.717, 1.165) is 10.5 Å². The normalized spacial score (nSPS) is 22.6. The molecule has 0 aliphatic carbocycles. The Labute approximate surface area is 131 Å². The Morgan fingerprint density at radius 2 is 2.04 bits per heavy atom. The predicted molar refractivity (Wildman–Crippen MR) is 79.0 cm³/mol. The minimum absolute atomic E-state index is 0.0889. The number of carbonyl (C=O) groups excluding carboxylic acids is 1. The number of rotatable bonds is 1. The molecule has 2 aromatic rings. The van der Waals surface area contributed by atoms with E-state index in [4.69, 9.17) is 10.2 Å². The number of furan rings is 1. The summed E-state index contributed by atoms with van der Waals surface area (Å²) >= 11 is 0. The Hall–Kier alpha value is -2.02. The van der Waals surface area contributed by atoms with E-state index in [9.17, 15) is 18.0 Å². The second-order valence-corrected chi connectivity index (χ2v) is 6.00. The highest BCUT2D eigenvalue weighted by Gasteiger charge is 2.48. The summed E-state index contributed by atoms with van der Waals surface area (Å²) in [5.74, 6) is -0.856. The fourth-order valence-electron chi connectivity index (χ4n) is 2.97. The van der Waals surface area contributed by atoms with Crippen LogP contribution in [0.25, 0.3) is 11.0 Å². The average molecular weight is 326 g/mol. The van der Waals surface area contributed by atoms with Crippen LogP contribution in [-0.4, -0.2) is 35.6 Å². The number of hydrogen-bond acceptors (Lipinski definition) is 3. The second kappa shape index (κ2) is 5.56. The van der Waals surface area contributed by atoms with E-state index < -0.39 is 24.2 Å². The van der Waals surface area contributed by atoms with Crippen molar-refractivity contribution in [2.24, 2.45) is 5.73 Å². The van der Waals surface area contributed by atoms with Gasteiger partial charge in [-0.2, -0.15) is 13.2 Å². The van der Waals surface area contributed by atoms with Crippen molar-refractivity contribution >= 4 is 16.9 Å². The number of likely N-dealkylation sites (tertiary alicyclic amines) is 1. The number of fused-ring (bicyclic) bond motifs is 1. The van der Waals surface area contributed by atoms with E-state index in [1.54, 1.807) is 6.07 Å². The van der Waals surface area contributed by atoms with Crippen molar-refractivity contribution in [2.75, 3.05) is 6.54 Å². The number of nitrogens with two attached hydrogens (primary N) is 1. The standard InChI is InChI=1S/C16H17F3N2O2/c1-9-2-4-12-10(6-9)7-13(23-12)15(22)21-8-11(20)3-5-14(21)16(17,18)19/h2,4,6-7,11,14H,3,5,8,20H2,1H3/t11-,14+/m1/s1. The predicted octanol–water partition coefficient (Wildman–Crippen LogP) is 3.24. The number of halogens is 3. The zero-order valence-corrected chi connectivity index (χ0v) is 12.6. The first-order valence-corrected chi connectivity index (χ1v) is 7.39. The molecule has 1 aromatic carbocycles. The molecule has 0 bridgehead atoms. The van der Waals surface area contributed by atoms with Crippen LogP contribution in [0.15, 0.2) is 28.7 Å². The molecule has 0 radical (unpaired) electrons. The molecule has 2 heterocycles. The van der Waals surface area contributed by atoms with Crippen molar-refractivity contribution in [1.29, 1.82) is 0 Å². The molecule has 3 rings (SSSR count). The number of alkyl halides is 3. The molecule has 4 nitrogen and oxygen atoms in total. The molecule has 0 spiro atoms. The first kappa shape index (κ1) is 15.9. The lowest BCUT2D eigenvalue weighted by Crippen LogP contribution is -2.56. The van der Waals surface area contributed by atoms with Crippen LogP contribution in [-0.2, 0) is 0 Å². The molecule has 1 aromatic heterocycles. The molecular weight excluding hydrogens is 309 g/mol. The number of carbonyl (C=O) groups is 1. The summed E-state index contributed by atoms with van der Waals surface area (Å²) in [6.07, 6.45) is -4.42. The first-order valence-electron chi connectivity index (χ1n) is 7.39. The molecule has 1 amide bonds. The summed E-state index contributed by atoms with van der Waals surface area (Å²) in [5, 5.41) is 0.693. The zero-order valence-electron chi connectivity index (χ0n) is 12.6. The molecule has 2 atom stereocenters. The number of aryl methyl sites for hydroxylation is 1. The van der Waals surface area contributed by atoms with E-state index in [1.807, 2.05) is 19.1 Å². The number of benzene rings is 1. The fourth-order valence-corrected chi connectivity index (χ4v) is 2.97. The van der Waals surface area contributed by atoms with Crippen LogP contribution < -0.4 is 5.73 Å². The minimum atomic E-state index is -4.47. The van der Waals surface area contributed by atoms with Gasteiger partial charge in [0, 0.05) is 18.0 Å². The highest BCUT2D eigenvalue weighted by Crippen LogP contribution is 2.33. The summed E-state index contributed by atoms with van der Waals surface area (Å²) in [5.41, 5.74) is 7.20. The zero-order chi connectivity index (χ0) is 16.8. The molecule has 124 valence electrons. The van der Waals surface area contributed by atoms with Gasteiger partial charge >= 0.3 is 6.18 Å². The van der Waals surface area contributed by atoms with Gasteiger partial charge in [-0.15, -0.1) is 0 Å². The van der Waals surface area contributed by atoms with E-state index in [1.165, 1.54) is 6.07 Å². The number of piperidine rings is 1. The maximum Gasteiger partial charge on any atom is 0.408 e. The maximum atomic E-state index is 13.2. The van der Waals surface area contributed by atoms with Gasteiger partial charge in [-0.05, 0) is 38.0 Å². The summed E-state index contributed by atoms with van der Waals surface area (Å²) in [6.45, 7) is 1.76. The molecule has 7 heteroatoms. The van der Waals surface area contributed by atoms with Gasteiger partial charge in [0.05, 0.1) is 0 Å². The SMILES string of the molecule is Cc1ccc2oc(C(=O)N3C[C@H](N)CC[C@H]3C(F)(F)F)cc2c1. The Kier molecular flexibility index (Phi) is 3.83. The molecule has 1 fully saturated rings. The molecule has 1 saturated heterocycles. The van der Waals surface area contributed by atoms with E-state index >= 15 is 0 Å². The third kappa shape index (κ3) is 3.06.